The number of nitrogens with one attached hydrogen (secondary N) is 2. The average Bonchev–Trinajstić information content (AvgIpc) is 2.61. The van der Waals surface area contributed by atoms with Crippen molar-refractivity contribution in [1.82, 2.24) is 5.32 Å². The predicted molar refractivity (Wildman–Crippen MR) is 90.9 cm³/mol. The monoisotopic (exact) mass is 332 g/mol. The van der Waals surface area contributed by atoms with Gasteiger partial charge in [-0.15, -0.1) is 0 Å². The molecule has 0 fully saturated rings. The van der Waals surface area contributed by atoms with Gasteiger partial charge in [0, 0.05) is 25.6 Å². The number of hydrogen-bond acceptors (Lipinski definition) is 4. The van der Waals surface area contributed by atoms with Crippen LogP contribution in [-0.4, -0.2) is 26.7 Å². The summed E-state index contributed by atoms with van der Waals surface area (Å²) in [4.78, 5) is 11.9. The van der Waals surface area contributed by atoms with Gasteiger partial charge in [0.05, 0.1) is 19.9 Å². The van der Waals surface area contributed by atoms with Crippen LogP contribution in [0.15, 0.2) is 42.5 Å². The summed E-state index contributed by atoms with van der Waals surface area (Å²) in [6, 6.07) is 11.5. The summed E-state index contributed by atoms with van der Waals surface area (Å²) in [6.07, 6.45) is 0.316. The molecule has 0 bridgehead atoms. The second-order valence-corrected chi connectivity index (χ2v) is 5.15. The van der Waals surface area contributed by atoms with Crippen molar-refractivity contribution >= 4 is 11.6 Å². The highest BCUT2D eigenvalue weighted by Gasteiger charge is 2.06. The Bertz CT molecular complexity index is 674. The van der Waals surface area contributed by atoms with Crippen LogP contribution in [0.25, 0.3) is 0 Å². The molecule has 128 valence electrons. The Morgan fingerprint density at radius 2 is 1.83 bits per heavy atom. The first-order chi connectivity index (χ1) is 11.6. The van der Waals surface area contributed by atoms with Crippen molar-refractivity contribution in [3.63, 3.8) is 0 Å². The van der Waals surface area contributed by atoms with Crippen molar-refractivity contribution in [2.24, 2.45) is 0 Å². The molecule has 0 saturated carbocycles. The molecule has 0 aromatic heterocycles. The van der Waals surface area contributed by atoms with Crippen molar-refractivity contribution in [2.75, 3.05) is 26.1 Å². The summed E-state index contributed by atoms with van der Waals surface area (Å²) in [5.41, 5.74) is 1.65. The third-order valence-corrected chi connectivity index (χ3v) is 3.48. The fraction of sp³-hybridized carbons (Fsp3) is 0.278. The zero-order chi connectivity index (χ0) is 17.4. The Kier molecular flexibility index (Phi) is 6.42. The van der Waals surface area contributed by atoms with Crippen LogP contribution in [0, 0.1) is 5.82 Å². The number of benzene rings is 2. The van der Waals surface area contributed by atoms with E-state index >= 15 is 0 Å². The lowest BCUT2D eigenvalue weighted by Crippen LogP contribution is -2.24. The van der Waals surface area contributed by atoms with E-state index in [9.17, 15) is 9.18 Å². The summed E-state index contributed by atoms with van der Waals surface area (Å²) in [5, 5.41) is 5.96. The number of anilines is 1. The summed E-state index contributed by atoms with van der Waals surface area (Å²) < 4.78 is 23.2. The molecule has 0 aliphatic carbocycles. The maximum atomic E-state index is 12.8. The van der Waals surface area contributed by atoms with Gasteiger partial charge in [-0.1, -0.05) is 12.1 Å². The van der Waals surface area contributed by atoms with E-state index in [0.29, 0.717) is 31.0 Å². The van der Waals surface area contributed by atoms with E-state index in [-0.39, 0.29) is 11.7 Å². The van der Waals surface area contributed by atoms with E-state index in [1.165, 1.54) is 12.1 Å². The number of rotatable bonds is 8. The minimum absolute atomic E-state index is 0.0840. The Balaban J connectivity index is 1.77. The van der Waals surface area contributed by atoms with Gasteiger partial charge in [-0.05, 0) is 29.8 Å². The Hall–Kier alpha value is -2.76. The SMILES string of the molecule is COc1ccc(NCCC(=O)NCc2ccc(F)cc2)c(OC)c1. The maximum absolute atomic E-state index is 12.8. The summed E-state index contributed by atoms with van der Waals surface area (Å²) in [6.45, 7) is 0.850. The van der Waals surface area contributed by atoms with Crippen LogP contribution in [0.4, 0.5) is 10.1 Å². The van der Waals surface area contributed by atoms with Crippen LogP contribution < -0.4 is 20.1 Å². The van der Waals surface area contributed by atoms with Crippen LogP contribution >= 0.6 is 0 Å². The molecule has 0 atom stereocenters. The second-order valence-electron chi connectivity index (χ2n) is 5.15. The summed E-state index contributed by atoms with van der Waals surface area (Å²) in [7, 11) is 3.17. The molecule has 24 heavy (non-hydrogen) atoms. The molecular weight excluding hydrogens is 311 g/mol. The van der Waals surface area contributed by atoms with Gasteiger partial charge in [0.2, 0.25) is 5.91 Å². The topological polar surface area (TPSA) is 59.6 Å². The van der Waals surface area contributed by atoms with Gasteiger partial charge in [-0.3, -0.25) is 4.79 Å². The molecule has 2 aromatic carbocycles. The first-order valence-electron chi connectivity index (χ1n) is 7.59. The molecule has 0 spiro atoms. The van der Waals surface area contributed by atoms with Gasteiger partial charge in [-0.2, -0.15) is 0 Å². The zero-order valence-electron chi connectivity index (χ0n) is 13.8. The lowest BCUT2D eigenvalue weighted by atomic mass is 10.2. The van der Waals surface area contributed by atoms with Gasteiger partial charge >= 0.3 is 0 Å². The van der Waals surface area contributed by atoms with Crippen LogP contribution in [0.3, 0.4) is 0 Å². The lowest BCUT2D eigenvalue weighted by molar-refractivity contribution is -0.121. The van der Waals surface area contributed by atoms with Gasteiger partial charge in [0.25, 0.3) is 0 Å². The van der Waals surface area contributed by atoms with Crippen molar-refractivity contribution in [2.45, 2.75) is 13.0 Å². The average molecular weight is 332 g/mol. The minimum atomic E-state index is -0.289. The fourth-order valence-electron chi connectivity index (χ4n) is 2.15. The molecule has 2 N–H and O–H groups in total. The smallest absolute Gasteiger partial charge is 0.222 e. The highest BCUT2D eigenvalue weighted by atomic mass is 19.1. The highest BCUT2D eigenvalue weighted by molar-refractivity contribution is 5.76. The molecule has 5 nitrogen and oxygen atoms in total. The molecule has 6 heteroatoms. The van der Waals surface area contributed by atoms with E-state index in [1.807, 2.05) is 12.1 Å². The molecule has 0 radical (unpaired) electrons. The molecule has 0 saturated heterocycles. The molecule has 0 heterocycles. The first-order valence-corrected chi connectivity index (χ1v) is 7.59. The number of ether oxygens (including phenoxy) is 2. The van der Waals surface area contributed by atoms with Crippen LogP contribution in [0.5, 0.6) is 11.5 Å². The molecular formula is C18H21FN2O3. The van der Waals surface area contributed by atoms with E-state index in [1.54, 1.807) is 32.4 Å². The van der Waals surface area contributed by atoms with Crippen LogP contribution in [0.1, 0.15) is 12.0 Å². The first kappa shape index (κ1) is 17.6. The van der Waals surface area contributed by atoms with Crippen molar-refractivity contribution in [3.05, 3.63) is 53.8 Å². The number of amides is 1. The van der Waals surface area contributed by atoms with Crippen molar-refractivity contribution < 1.29 is 18.7 Å². The molecule has 0 aliphatic rings. The maximum Gasteiger partial charge on any atom is 0.222 e. The van der Waals surface area contributed by atoms with E-state index < -0.39 is 0 Å². The zero-order valence-corrected chi connectivity index (χ0v) is 13.8. The van der Waals surface area contributed by atoms with Crippen molar-refractivity contribution in [3.8, 4) is 11.5 Å². The standard InChI is InChI=1S/C18H21FN2O3/c1-23-15-7-8-16(17(11-15)24-2)20-10-9-18(22)21-12-13-3-5-14(19)6-4-13/h3-8,11,20H,9-10,12H2,1-2H3,(H,21,22). The summed E-state index contributed by atoms with van der Waals surface area (Å²) in [5.74, 6) is 0.984. The number of carbonyl (C=O) groups excluding carboxylic acids is 1. The Morgan fingerprint density at radius 3 is 2.50 bits per heavy atom. The fourth-order valence-corrected chi connectivity index (χ4v) is 2.15. The number of hydrogen-bond donors (Lipinski definition) is 2. The third kappa shape index (κ3) is 5.15. The van der Waals surface area contributed by atoms with Gasteiger partial charge in [0.1, 0.15) is 17.3 Å². The third-order valence-electron chi connectivity index (χ3n) is 3.48. The van der Waals surface area contributed by atoms with Gasteiger partial charge in [0.15, 0.2) is 0 Å². The van der Waals surface area contributed by atoms with Gasteiger partial charge in [-0.25, -0.2) is 4.39 Å². The largest absolute Gasteiger partial charge is 0.497 e. The predicted octanol–water partition coefficient (Wildman–Crippen LogP) is 2.96. The number of halogens is 1. The van der Waals surface area contributed by atoms with Gasteiger partial charge < -0.3 is 20.1 Å². The summed E-state index contributed by atoms with van der Waals surface area (Å²) >= 11 is 0. The number of methoxy groups -OCH3 is 2. The lowest BCUT2D eigenvalue weighted by Gasteiger charge is -2.12. The molecule has 0 unspecified atom stereocenters. The number of carbonyl (C=O) groups is 1. The minimum Gasteiger partial charge on any atom is -0.497 e. The molecule has 2 aromatic rings. The normalized spacial score (nSPS) is 10.1. The highest BCUT2D eigenvalue weighted by Crippen LogP contribution is 2.28. The van der Waals surface area contributed by atoms with E-state index in [0.717, 1.165) is 11.3 Å². The van der Waals surface area contributed by atoms with Crippen LogP contribution in [0.2, 0.25) is 0 Å². The van der Waals surface area contributed by atoms with Crippen LogP contribution in [-0.2, 0) is 11.3 Å². The Labute approximate surface area is 140 Å². The molecule has 0 aliphatic heterocycles. The van der Waals surface area contributed by atoms with E-state index in [2.05, 4.69) is 10.6 Å². The van der Waals surface area contributed by atoms with E-state index in [4.69, 9.17) is 9.47 Å². The molecule has 2 rings (SSSR count). The quantitative estimate of drug-likeness (QED) is 0.780. The molecule has 1 amide bonds. The van der Waals surface area contributed by atoms with Crippen molar-refractivity contribution in [1.29, 1.82) is 0 Å². The Morgan fingerprint density at radius 1 is 1.08 bits per heavy atom. The second kappa shape index (κ2) is 8.76.